The molecule has 0 amide bonds. The minimum absolute atomic E-state index is 0. The summed E-state index contributed by atoms with van der Waals surface area (Å²) in [6, 6.07) is 11.3. The molecule has 1 aromatic rings. The van der Waals surface area contributed by atoms with Gasteiger partial charge in [0.25, 0.3) is 0 Å². The molecule has 1 unspecified atom stereocenters. The molecule has 0 bridgehead atoms. The predicted octanol–water partition coefficient (Wildman–Crippen LogP) is 3.26. The monoisotopic (exact) mass is 472 g/mol. The van der Waals surface area contributed by atoms with E-state index in [0.717, 1.165) is 30.8 Å². The van der Waals surface area contributed by atoms with Crippen LogP contribution in [0, 0.1) is 0 Å². The average Bonchev–Trinajstić information content (AvgIpc) is 3.31. The predicted molar refractivity (Wildman–Crippen MR) is 119 cm³/mol. The topological polar surface area (TPSA) is 48.9 Å². The molecule has 1 aliphatic heterocycles. The van der Waals surface area contributed by atoms with Crippen LogP contribution in [-0.4, -0.2) is 55.7 Å². The van der Waals surface area contributed by atoms with Crippen molar-refractivity contribution in [2.75, 3.05) is 32.8 Å². The fourth-order valence-electron chi connectivity index (χ4n) is 3.86. The van der Waals surface area contributed by atoms with E-state index < -0.39 is 0 Å². The Kier molecular flexibility index (Phi) is 9.53. The van der Waals surface area contributed by atoms with E-state index in [0.29, 0.717) is 19.2 Å². The highest BCUT2D eigenvalue weighted by molar-refractivity contribution is 14.0. The number of hydrogen-bond acceptors (Lipinski definition) is 3. The van der Waals surface area contributed by atoms with E-state index in [4.69, 9.17) is 4.74 Å². The van der Waals surface area contributed by atoms with E-state index in [-0.39, 0.29) is 24.0 Å². The van der Waals surface area contributed by atoms with E-state index in [1.807, 2.05) is 30.3 Å². The molecule has 6 heteroatoms. The van der Waals surface area contributed by atoms with Crippen LogP contribution in [-0.2, 0) is 0 Å². The minimum Gasteiger partial charge on any atom is -0.492 e. The number of para-hydroxylation sites is 1. The summed E-state index contributed by atoms with van der Waals surface area (Å²) in [4.78, 5) is 7.34. The van der Waals surface area contributed by atoms with Crippen molar-refractivity contribution in [3.05, 3.63) is 30.3 Å². The summed E-state index contributed by atoms with van der Waals surface area (Å²) in [5, 5.41) is 6.97. The zero-order valence-electron chi connectivity index (χ0n) is 15.8. The third-order valence-corrected chi connectivity index (χ3v) is 5.12. The second-order valence-corrected chi connectivity index (χ2v) is 6.99. The third-order valence-electron chi connectivity index (χ3n) is 5.12. The van der Waals surface area contributed by atoms with Crippen molar-refractivity contribution in [2.24, 2.45) is 4.99 Å². The molecule has 2 aliphatic rings. The van der Waals surface area contributed by atoms with Crippen LogP contribution in [0.25, 0.3) is 0 Å². The van der Waals surface area contributed by atoms with E-state index in [1.54, 1.807) is 0 Å². The number of likely N-dealkylation sites (tertiary alicyclic amines) is 1. The first-order chi connectivity index (χ1) is 12.3. The molecule has 1 atom stereocenters. The van der Waals surface area contributed by atoms with Gasteiger partial charge in [-0.25, -0.2) is 4.99 Å². The van der Waals surface area contributed by atoms with Crippen LogP contribution in [0.1, 0.15) is 39.0 Å². The smallest absolute Gasteiger partial charge is 0.191 e. The van der Waals surface area contributed by atoms with Crippen LogP contribution >= 0.6 is 24.0 Å². The summed E-state index contributed by atoms with van der Waals surface area (Å²) in [6.07, 6.45) is 6.80. The highest BCUT2D eigenvalue weighted by atomic mass is 127. The zero-order chi connectivity index (χ0) is 17.3. The van der Waals surface area contributed by atoms with Gasteiger partial charge in [-0.1, -0.05) is 31.0 Å². The number of nitrogens with one attached hydrogen (secondary N) is 2. The lowest BCUT2D eigenvalue weighted by Gasteiger charge is -2.24. The molecule has 1 saturated carbocycles. The highest BCUT2D eigenvalue weighted by Crippen LogP contribution is 2.26. The molecule has 146 valence electrons. The highest BCUT2D eigenvalue weighted by Gasteiger charge is 2.30. The second kappa shape index (κ2) is 11.6. The van der Waals surface area contributed by atoms with E-state index in [9.17, 15) is 0 Å². The van der Waals surface area contributed by atoms with Crippen molar-refractivity contribution in [3.8, 4) is 5.75 Å². The Hall–Kier alpha value is -1.02. The second-order valence-electron chi connectivity index (χ2n) is 6.99. The van der Waals surface area contributed by atoms with Crippen LogP contribution < -0.4 is 15.4 Å². The van der Waals surface area contributed by atoms with Gasteiger partial charge in [0.2, 0.25) is 0 Å². The maximum atomic E-state index is 5.72. The van der Waals surface area contributed by atoms with Gasteiger partial charge < -0.3 is 15.4 Å². The maximum Gasteiger partial charge on any atom is 0.191 e. The average molecular weight is 472 g/mol. The molecule has 2 N–H and O–H groups in total. The molecular weight excluding hydrogens is 439 g/mol. The van der Waals surface area contributed by atoms with Crippen molar-refractivity contribution in [1.82, 2.24) is 15.5 Å². The van der Waals surface area contributed by atoms with Gasteiger partial charge >= 0.3 is 0 Å². The Balaban J connectivity index is 0.00000243. The molecule has 0 radical (unpaired) electrons. The van der Waals surface area contributed by atoms with Gasteiger partial charge in [0.15, 0.2) is 5.96 Å². The number of rotatable bonds is 7. The van der Waals surface area contributed by atoms with Gasteiger partial charge in [0.1, 0.15) is 12.4 Å². The van der Waals surface area contributed by atoms with Gasteiger partial charge in [-0.2, -0.15) is 0 Å². The molecule has 1 aromatic carbocycles. The largest absolute Gasteiger partial charge is 0.492 e. The SMILES string of the molecule is CCNC(=NCCOc1ccccc1)NC1CCN(C2CCCC2)C1.I. The molecule has 1 saturated heterocycles. The standard InChI is InChI=1S/C20H32N4O.HI/c1-2-21-20(22-13-15-25-19-10-4-3-5-11-19)23-17-12-14-24(16-17)18-8-6-7-9-18;/h3-5,10-11,17-18H,2,6-9,12-16H2,1H3,(H2,21,22,23);1H. The fourth-order valence-corrected chi connectivity index (χ4v) is 3.86. The number of aliphatic imine (C=N–C) groups is 1. The normalized spacial score (nSPS) is 21.4. The van der Waals surface area contributed by atoms with Crippen LogP contribution in [0.4, 0.5) is 0 Å². The molecule has 5 nitrogen and oxygen atoms in total. The van der Waals surface area contributed by atoms with Crippen molar-refractivity contribution < 1.29 is 4.74 Å². The lowest BCUT2D eigenvalue weighted by atomic mass is 10.2. The minimum atomic E-state index is 0. The van der Waals surface area contributed by atoms with Crippen molar-refractivity contribution >= 4 is 29.9 Å². The number of hydrogen-bond donors (Lipinski definition) is 2. The summed E-state index contributed by atoms with van der Waals surface area (Å²) < 4.78 is 5.72. The summed E-state index contributed by atoms with van der Waals surface area (Å²) in [6.45, 7) is 6.61. The van der Waals surface area contributed by atoms with Gasteiger partial charge in [0.05, 0.1) is 6.54 Å². The Bertz CT molecular complexity index is 534. The summed E-state index contributed by atoms with van der Waals surface area (Å²) in [7, 11) is 0. The third kappa shape index (κ3) is 6.61. The molecule has 3 rings (SSSR count). The van der Waals surface area contributed by atoms with Crippen LogP contribution in [0.5, 0.6) is 5.75 Å². The van der Waals surface area contributed by atoms with Gasteiger partial charge in [-0.05, 0) is 38.3 Å². The molecule has 26 heavy (non-hydrogen) atoms. The van der Waals surface area contributed by atoms with Gasteiger partial charge in [-0.3, -0.25) is 4.90 Å². The number of guanidine groups is 1. The number of nitrogens with zero attached hydrogens (tertiary/aromatic N) is 2. The zero-order valence-corrected chi connectivity index (χ0v) is 18.2. The van der Waals surface area contributed by atoms with E-state index in [2.05, 4.69) is 27.4 Å². The quantitative estimate of drug-likeness (QED) is 0.277. The van der Waals surface area contributed by atoms with Gasteiger partial charge in [0, 0.05) is 31.7 Å². The summed E-state index contributed by atoms with van der Waals surface area (Å²) in [5.74, 6) is 1.82. The maximum absolute atomic E-state index is 5.72. The summed E-state index contributed by atoms with van der Waals surface area (Å²) in [5.41, 5.74) is 0. The fraction of sp³-hybridized carbons (Fsp3) is 0.650. The van der Waals surface area contributed by atoms with Crippen molar-refractivity contribution in [2.45, 2.75) is 51.1 Å². The van der Waals surface area contributed by atoms with Gasteiger partial charge in [-0.15, -0.1) is 24.0 Å². The van der Waals surface area contributed by atoms with E-state index in [1.165, 1.54) is 38.6 Å². The Morgan fingerprint density at radius 1 is 1.19 bits per heavy atom. The number of benzene rings is 1. The summed E-state index contributed by atoms with van der Waals surface area (Å²) >= 11 is 0. The Labute approximate surface area is 175 Å². The number of halogens is 1. The first kappa shape index (κ1) is 21.3. The van der Waals surface area contributed by atoms with Crippen LogP contribution in [0.2, 0.25) is 0 Å². The van der Waals surface area contributed by atoms with Crippen LogP contribution in [0.3, 0.4) is 0 Å². The lowest BCUT2D eigenvalue weighted by Crippen LogP contribution is -2.45. The molecule has 0 aromatic heterocycles. The first-order valence-electron chi connectivity index (χ1n) is 9.82. The molecular formula is C20H33IN4O. The molecule has 2 fully saturated rings. The first-order valence-corrected chi connectivity index (χ1v) is 9.82. The Morgan fingerprint density at radius 3 is 2.69 bits per heavy atom. The number of ether oxygens (including phenoxy) is 1. The molecule has 0 spiro atoms. The Morgan fingerprint density at radius 2 is 1.96 bits per heavy atom. The molecule has 1 aliphatic carbocycles. The van der Waals surface area contributed by atoms with Crippen LogP contribution in [0.15, 0.2) is 35.3 Å². The van der Waals surface area contributed by atoms with Crippen molar-refractivity contribution in [1.29, 1.82) is 0 Å². The van der Waals surface area contributed by atoms with E-state index >= 15 is 0 Å². The van der Waals surface area contributed by atoms with Crippen molar-refractivity contribution in [3.63, 3.8) is 0 Å². The lowest BCUT2D eigenvalue weighted by molar-refractivity contribution is 0.242. The molecule has 1 heterocycles.